The summed E-state index contributed by atoms with van der Waals surface area (Å²) in [7, 11) is 1.88. The second kappa shape index (κ2) is 6.43. The second-order valence-corrected chi connectivity index (χ2v) is 3.30. The summed E-state index contributed by atoms with van der Waals surface area (Å²) in [5.41, 5.74) is 0. The van der Waals surface area contributed by atoms with Crippen LogP contribution in [0, 0.1) is 0 Å². The lowest BCUT2D eigenvalue weighted by Crippen LogP contribution is -2.17. The van der Waals surface area contributed by atoms with Gasteiger partial charge in [0, 0.05) is 7.05 Å². The largest absolute Gasteiger partial charge is 0.490 e. The minimum absolute atomic E-state index is 0.752. The lowest BCUT2D eigenvalue weighted by molar-refractivity contribution is 0.308. The van der Waals surface area contributed by atoms with E-state index in [0.29, 0.717) is 0 Å². The number of rotatable bonds is 7. The van der Waals surface area contributed by atoms with E-state index >= 15 is 0 Å². The molecule has 0 unspecified atom stereocenters. The molecule has 0 fully saturated rings. The Morgan fingerprint density at radius 1 is 1.50 bits per heavy atom. The first-order chi connectivity index (χ1) is 6.83. The quantitative estimate of drug-likeness (QED) is 0.667. The van der Waals surface area contributed by atoms with E-state index in [1.165, 1.54) is 6.42 Å². The predicted octanol–water partition coefficient (Wildman–Crippen LogP) is 1.19. The van der Waals surface area contributed by atoms with Gasteiger partial charge in [0.25, 0.3) is 0 Å². The molecule has 1 rings (SSSR count). The van der Waals surface area contributed by atoms with Crippen LogP contribution in [0.15, 0.2) is 12.4 Å². The molecule has 4 nitrogen and oxygen atoms in total. The molecular weight excluding hydrogens is 178 g/mol. The summed E-state index contributed by atoms with van der Waals surface area (Å²) in [5, 5.41) is 7.35. The first-order valence-corrected chi connectivity index (χ1v) is 5.15. The first kappa shape index (κ1) is 11.0. The molecule has 80 valence electrons. The van der Waals surface area contributed by atoms with Gasteiger partial charge in [-0.25, -0.2) is 0 Å². The zero-order valence-electron chi connectivity index (χ0n) is 8.99. The monoisotopic (exact) mass is 197 g/mol. The number of aryl methyl sites for hydroxylation is 1. The average molecular weight is 197 g/mol. The zero-order valence-corrected chi connectivity index (χ0v) is 8.99. The van der Waals surface area contributed by atoms with Crippen molar-refractivity contribution in [2.45, 2.75) is 19.8 Å². The van der Waals surface area contributed by atoms with E-state index in [1.807, 2.05) is 13.2 Å². The van der Waals surface area contributed by atoms with Crippen LogP contribution in [0.5, 0.6) is 5.75 Å². The van der Waals surface area contributed by atoms with E-state index in [1.54, 1.807) is 10.9 Å². The van der Waals surface area contributed by atoms with Crippen LogP contribution in [0.25, 0.3) is 0 Å². The third-order valence-electron chi connectivity index (χ3n) is 1.87. The zero-order chi connectivity index (χ0) is 10.2. The molecule has 4 heteroatoms. The molecule has 0 aliphatic rings. The molecule has 0 amide bonds. The standard InChI is InChI=1S/C10H19N3O/c1-3-5-11-6-4-7-14-10-8-12-13(2)9-10/h8-9,11H,3-7H2,1-2H3. The van der Waals surface area contributed by atoms with Crippen molar-refractivity contribution < 1.29 is 4.74 Å². The van der Waals surface area contributed by atoms with Crippen LogP contribution in [0.1, 0.15) is 19.8 Å². The molecule has 0 aliphatic heterocycles. The predicted molar refractivity (Wildman–Crippen MR) is 56.5 cm³/mol. The van der Waals surface area contributed by atoms with Crippen LogP contribution in [0.4, 0.5) is 0 Å². The lowest BCUT2D eigenvalue weighted by Gasteiger charge is -2.03. The van der Waals surface area contributed by atoms with Gasteiger partial charge in [-0.2, -0.15) is 5.10 Å². The number of nitrogens with one attached hydrogen (secondary N) is 1. The van der Waals surface area contributed by atoms with Gasteiger partial charge in [0.2, 0.25) is 0 Å². The molecule has 1 aromatic rings. The smallest absolute Gasteiger partial charge is 0.157 e. The molecule has 0 aliphatic carbocycles. The van der Waals surface area contributed by atoms with Crippen LogP contribution < -0.4 is 10.1 Å². The Labute approximate surface area is 85.3 Å². The van der Waals surface area contributed by atoms with Crippen molar-refractivity contribution in [2.75, 3.05) is 19.7 Å². The van der Waals surface area contributed by atoms with Gasteiger partial charge in [0.05, 0.1) is 19.0 Å². The van der Waals surface area contributed by atoms with Gasteiger partial charge in [0.1, 0.15) is 0 Å². The molecule has 1 N–H and O–H groups in total. The molecule has 1 aromatic heterocycles. The molecule has 1 heterocycles. The van der Waals surface area contributed by atoms with Crippen LogP contribution in [0.2, 0.25) is 0 Å². The maximum atomic E-state index is 5.48. The van der Waals surface area contributed by atoms with Gasteiger partial charge in [-0.05, 0) is 25.9 Å². The highest BCUT2D eigenvalue weighted by molar-refractivity contribution is 5.10. The molecule has 0 saturated carbocycles. The van der Waals surface area contributed by atoms with E-state index in [2.05, 4.69) is 17.3 Å². The fraction of sp³-hybridized carbons (Fsp3) is 0.700. The Hall–Kier alpha value is -1.03. The average Bonchev–Trinajstić information content (AvgIpc) is 2.58. The fourth-order valence-corrected chi connectivity index (χ4v) is 1.16. The minimum atomic E-state index is 0.752. The molecule has 14 heavy (non-hydrogen) atoms. The highest BCUT2D eigenvalue weighted by Crippen LogP contribution is 2.06. The third kappa shape index (κ3) is 4.28. The molecule has 0 radical (unpaired) electrons. The van der Waals surface area contributed by atoms with Crippen molar-refractivity contribution in [3.8, 4) is 5.75 Å². The Kier molecular flexibility index (Phi) is 5.07. The van der Waals surface area contributed by atoms with Gasteiger partial charge in [-0.15, -0.1) is 0 Å². The lowest BCUT2D eigenvalue weighted by atomic mass is 10.4. The maximum absolute atomic E-state index is 5.48. The number of nitrogens with zero attached hydrogens (tertiary/aromatic N) is 2. The normalized spacial score (nSPS) is 10.4. The van der Waals surface area contributed by atoms with E-state index in [9.17, 15) is 0 Å². The number of hydrogen-bond acceptors (Lipinski definition) is 3. The Balaban J connectivity index is 1.99. The molecule has 0 bridgehead atoms. The number of aromatic nitrogens is 2. The summed E-state index contributed by atoms with van der Waals surface area (Å²) < 4.78 is 7.22. The van der Waals surface area contributed by atoms with Gasteiger partial charge in [-0.3, -0.25) is 4.68 Å². The highest BCUT2D eigenvalue weighted by atomic mass is 16.5. The van der Waals surface area contributed by atoms with Gasteiger partial charge in [0.15, 0.2) is 5.75 Å². The van der Waals surface area contributed by atoms with Crippen LogP contribution in [-0.2, 0) is 7.05 Å². The Morgan fingerprint density at radius 3 is 3.00 bits per heavy atom. The van der Waals surface area contributed by atoms with Crippen molar-refractivity contribution in [1.29, 1.82) is 0 Å². The second-order valence-electron chi connectivity index (χ2n) is 3.30. The maximum Gasteiger partial charge on any atom is 0.157 e. The van der Waals surface area contributed by atoms with Crippen molar-refractivity contribution >= 4 is 0 Å². The summed E-state index contributed by atoms with van der Waals surface area (Å²) in [6.07, 6.45) is 5.83. The van der Waals surface area contributed by atoms with E-state index in [-0.39, 0.29) is 0 Å². The molecule has 0 saturated heterocycles. The van der Waals surface area contributed by atoms with Gasteiger partial charge >= 0.3 is 0 Å². The van der Waals surface area contributed by atoms with Crippen LogP contribution in [0.3, 0.4) is 0 Å². The summed E-state index contributed by atoms with van der Waals surface area (Å²) >= 11 is 0. The summed E-state index contributed by atoms with van der Waals surface area (Å²) in [6.45, 7) is 5.03. The van der Waals surface area contributed by atoms with Crippen molar-refractivity contribution in [2.24, 2.45) is 7.05 Å². The fourth-order valence-electron chi connectivity index (χ4n) is 1.16. The van der Waals surface area contributed by atoms with E-state index in [4.69, 9.17) is 4.74 Å². The molecular formula is C10H19N3O. The summed E-state index contributed by atoms with van der Waals surface area (Å²) in [4.78, 5) is 0. The first-order valence-electron chi connectivity index (χ1n) is 5.15. The topological polar surface area (TPSA) is 39.1 Å². The van der Waals surface area contributed by atoms with Gasteiger partial charge < -0.3 is 10.1 Å². The van der Waals surface area contributed by atoms with Crippen LogP contribution >= 0.6 is 0 Å². The molecule has 0 atom stereocenters. The van der Waals surface area contributed by atoms with E-state index in [0.717, 1.165) is 31.9 Å². The molecule has 0 spiro atoms. The van der Waals surface area contributed by atoms with E-state index < -0.39 is 0 Å². The van der Waals surface area contributed by atoms with Crippen molar-refractivity contribution in [3.05, 3.63) is 12.4 Å². The summed E-state index contributed by atoms with van der Waals surface area (Å²) in [5.74, 6) is 0.850. The minimum Gasteiger partial charge on any atom is -0.490 e. The van der Waals surface area contributed by atoms with Crippen LogP contribution in [-0.4, -0.2) is 29.5 Å². The van der Waals surface area contributed by atoms with Crippen molar-refractivity contribution in [3.63, 3.8) is 0 Å². The Morgan fingerprint density at radius 2 is 2.36 bits per heavy atom. The SMILES string of the molecule is CCCNCCCOc1cnn(C)c1. The van der Waals surface area contributed by atoms with Gasteiger partial charge in [-0.1, -0.05) is 6.92 Å². The number of ether oxygens (including phenoxy) is 1. The Bertz CT molecular complexity index is 247. The molecule has 0 aromatic carbocycles. The third-order valence-corrected chi connectivity index (χ3v) is 1.87. The highest BCUT2D eigenvalue weighted by Gasteiger charge is 1.95. The number of hydrogen-bond donors (Lipinski definition) is 1. The van der Waals surface area contributed by atoms with Crippen molar-refractivity contribution in [1.82, 2.24) is 15.1 Å². The summed E-state index contributed by atoms with van der Waals surface area (Å²) in [6, 6.07) is 0.